The van der Waals surface area contributed by atoms with Crippen molar-refractivity contribution in [1.29, 1.82) is 0 Å². The number of imide groups is 1. The summed E-state index contributed by atoms with van der Waals surface area (Å²) in [5.41, 5.74) is 0.604. The van der Waals surface area contributed by atoms with Gasteiger partial charge in [0.05, 0.1) is 0 Å². The second-order valence-corrected chi connectivity index (χ2v) is 5.04. The summed E-state index contributed by atoms with van der Waals surface area (Å²) in [6.45, 7) is 1.51. The first-order valence-corrected chi connectivity index (χ1v) is 6.98. The molecule has 2 rings (SSSR count). The number of amides is 3. The van der Waals surface area contributed by atoms with Gasteiger partial charge in [-0.25, -0.2) is 0 Å². The van der Waals surface area contributed by atoms with Crippen molar-refractivity contribution in [3.8, 4) is 0 Å². The highest BCUT2D eigenvalue weighted by molar-refractivity contribution is 6.42. The van der Waals surface area contributed by atoms with Crippen molar-refractivity contribution in [2.45, 2.75) is 12.8 Å². The number of piperidine rings is 1. The number of para-hydroxylation sites is 1. The highest BCUT2D eigenvalue weighted by Gasteiger charge is 2.26. The van der Waals surface area contributed by atoms with Crippen LogP contribution in [0.1, 0.15) is 12.8 Å². The summed E-state index contributed by atoms with van der Waals surface area (Å²) in [4.78, 5) is 37.1. The van der Waals surface area contributed by atoms with Gasteiger partial charge >= 0.3 is 11.8 Å². The average Bonchev–Trinajstić information content (AvgIpc) is 2.55. The fraction of sp³-hybridized carbons (Fsp3) is 0.400. The van der Waals surface area contributed by atoms with Gasteiger partial charge in [-0.3, -0.25) is 19.7 Å². The molecular formula is C15H19N3O3. The van der Waals surface area contributed by atoms with E-state index in [0.29, 0.717) is 18.5 Å². The smallest absolute Gasteiger partial charge is 0.316 e. The summed E-state index contributed by atoms with van der Waals surface area (Å²) in [5.74, 6) is -2.20. The molecule has 0 aromatic heterocycles. The maximum absolute atomic E-state index is 12.0. The summed E-state index contributed by atoms with van der Waals surface area (Å²) in [5, 5.41) is 5.35. The molecule has 6 heteroatoms. The van der Waals surface area contributed by atoms with Crippen molar-refractivity contribution in [2.75, 3.05) is 25.0 Å². The molecule has 0 aliphatic carbocycles. The lowest BCUT2D eigenvalue weighted by atomic mass is 9.97. The fourth-order valence-electron chi connectivity index (χ4n) is 2.27. The van der Waals surface area contributed by atoms with Crippen LogP contribution in [0, 0.1) is 5.92 Å². The average molecular weight is 289 g/mol. The summed E-state index contributed by atoms with van der Waals surface area (Å²) in [7, 11) is 1.51. The number of nitrogens with zero attached hydrogens (tertiary/aromatic N) is 1. The Bertz CT molecular complexity index is 524. The Balaban J connectivity index is 1.93. The standard InChI is InChI=1S/C15H19N3O3/c1-18(12-5-3-2-4-6-12)15(21)14(20)17-13(19)11-7-9-16-10-8-11/h2-6,11,16H,7-10H2,1H3,(H,17,19,20). The van der Waals surface area contributed by atoms with Crippen molar-refractivity contribution in [3.05, 3.63) is 30.3 Å². The van der Waals surface area contributed by atoms with E-state index in [1.807, 2.05) is 6.07 Å². The monoisotopic (exact) mass is 289 g/mol. The molecule has 112 valence electrons. The molecule has 0 unspecified atom stereocenters. The van der Waals surface area contributed by atoms with Crippen LogP contribution in [0.4, 0.5) is 5.69 Å². The molecule has 0 spiro atoms. The minimum atomic E-state index is -0.884. The lowest BCUT2D eigenvalue weighted by Gasteiger charge is -2.22. The molecule has 1 fully saturated rings. The molecule has 1 heterocycles. The second kappa shape index (κ2) is 6.99. The van der Waals surface area contributed by atoms with Gasteiger partial charge in [0, 0.05) is 18.7 Å². The molecule has 1 aromatic carbocycles. The van der Waals surface area contributed by atoms with Crippen LogP contribution in [0.15, 0.2) is 30.3 Å². The van der Waals surface area contributed by atoms with Gasteiger partial charge in [0.15, 0.2) is 0 Å². The van der Waals surface area contributed by atoms with Gasteiger partial charge < -0.3 is 10.2 Å². The predicted molar refractivity (Wildman–Crippen MR) is 78.6 cm³/mol. The Morgan fingerprint density at radius 3 is 2.38 bits per heavy atom. The van der Waals surface area contributed by atoms with Gasteiger partial charge in [0.1, 0.15) is 0 Å². The predicted octanol–water partition coefficient (Wildman–Crippen LogP) is 0.292. The van der Waals surface area contributed by atoms with E-state index >= 15 is 0 Å². The SMILES string of the molecule is CN(C(=O)C(=O)NC(=O)C1CCNCC1)c1ccccc1. The molecule has 0 bridgehead atoms. The number of hydrogen-bond donors (Lipinski definition) is 2. The molecule has 21 heavy (non-hydrogen) atoms. The molecule has 0 radical (unpaired) electrons. The zero-order valence-electron chi connectivity index (χ0n) is 12.0. The number of hydrogen-bond acceptors (Lipinski definition) is 4. The molecule has 6 nitrogen and oxygen atoms in total. The lowest BCUT2D eigenvalue weighted by molar-refractivity contribution is -0.141. The normalized spacial score (nSPS) is 15.3. The third-order valence-electron chi connectivity index (χ3n) is 3.59. The van der Waals surface area contributed by atoms with Crippen molar-refractivity contribution in [1.82, 2.24) is 10.6 Å². The maximum Gasteiger partial charge on any atom is 0.316 e. The first-order chi connectivity index (χ1) is 10.1. The van der Waals surface area contributed by atoms with Gasteiger partial charge in [-0.2, -0.15) is 0 Å². The van der Waals surface area contributed by atoms with E-state index < -0.39 is 11.8 Å². The Hall–Kier alpha value is -2.21. The molecule has 1 aromatic rings. The Kier molecular flexibility index (Phi) is 5.05. The zero-order valence-corrected chi connectivity index (χ0v) is 12.0. The van der Waals surface area contributed by atoms with Crippen LogP contribution >= 0.6 is 0 Å². The van der Waals surface area contributed by atoms with Crippen molar-refractivity contribution >= 4 is 23.4 Å². The minimum Gasteiger partial charge on any atom is -0.317 e. The van der Waals surface area contributed by atoms with Crippen molar-refractivity contribution in [2.24, 2.45) is 5.92 Å². The number of likely N-dealkylation sites (N-methyl/N-ethyl adjacent to an activating group) is 1. The summed E-state index contributed by atoms with van der Waals surface area (Å²) >= 11 is 0. The molecule has 0 atom stereocenters. The number of carbonyl (C=O) groups is 3. The van der Waals surface area contributed by atoms with Crippen LogP contribution in [0.25, 0.3) is 0 Å². The van der Waals surface area contributed by atoms with E-state index in [1.54, 1.807) is 24.3 Å². The first-order valence-electron chi connectivity index (χ1n) is 6.98. The van der Waals surface area contributed by atoms with Crippen LogP contribution in [0.3, 0.4) is 0 Å². The molecule has 1 aliphatic heterocycles. The number of rotatable bonds is 2. The van der Waals surface area contributed by atoms with Gasteiger partial charge in [-0.05, 0) is 38.1 Å². The number of nitrogens with one attached hydrogen (secondary N) is 2. The summed E-state index contributed by atoms with van der Waals surface area (Å²) < 4.78 is 0. The van der Waals surface area contributed by atoms with E-state index in [2.05, 4.69) is 10.6 Å². The van der Waals surface area contributed by atoms with Crippen LogP contribution in [-0.2, 0) is 14.4 Å². The third-order valence-corrected chi connectivity index (χ3v) is 3.59. The molecule has 0 saturated carbocycles. The molecule has 1 saturated heterocycles. The second-order valence-electron chi connectivity index (χ2n) is 5.04. The summed E-state index contributed by atoms with van der Waals surface area (Å²) in [6, 6.07) is 8.82. The fourth-order valence-corrected chi connectivity index (χ4v) is 2.27. The quantitative estimate of drug-likeness (QED) is 0.767. The Labute approximate surface area is 123 Å². The largest absolute Gasteiger partial charge is 0.317 e. The molecular weight excluding hydrogens is 270 g/mol. The minimum absolute atomic E-state index is 0.204. The van der Waals surface area contributed by atoms with Gasteiger partial charge in [0.25, 0.3) is 0 Å². The van der Waals surface area contributed by atoms with E-state index in [-0.39, 0.29) is 11.8 Å². The van der Waals surface area contributed by atoms with Crippen molar-refractivity contribution in [3.63, 3.8) is 0 Å². The number of carbonyl (C=O) groups excluding carboxylic acids is 3. The third kappa shape index (κ3) is 3.88. The van der Waals surface area contributed by atoms with E-state index in [4.69, 9.17) is 0 Å². The van der Waals surface area contributed by atoms with Gasteiger partial charge in [-0.1, -0.05) is 18.2 Å². The van der Waals surface area contributed by atoms with Crippen molar-refractivity contribution < 1.29 is 14.4 Å². The highest BCUT2D eigenvalue weighted by Crippen LogP contribution is 2.13. The van der Waals surface area contributed by atoms with Gasteiger partial charge in [-0.15, -0.1) is 0 Å². The van der Waals surface area contributed by atoms with Crippen LogP contribution in [0.5, 0.6) is 0 Å². The van der Waals surface area contributed by atoms with Crippen LogP contribution < -0.4 is 15.5 Å². The Morgan fingerprint density at radius 2 is 1.76 bits per heavy atom. The van der Waals surface area contributed by atoms with Gasteiger partial charge in [0.2, 0.25) is 5.91 Å². The maximum atomic E-state index is 12.0. The van der Waals surface area contributed by atoms with E-state index in [9.17, 15) is 14.4 Å². The molecule has 3 amide bonds. The lowest BCUT2D eigenvalue weighted by Crippen LogP contribution is -2.47. The number of anilines is 1. The van der Waals surface area contributed by atoms with Crippen LogP contribution in [0.2, 0.25) is 0 Å². The zero-order chi connectivity index (χ0) is 15.2. The van der Waals surface area contributed by atoms with E-state index in [1.165, 1.54) is 11.9 Å². The first kappa shape index (κ1) is 15.2. The van der Waals surface area contributed by atoms with Crippen LogP contribution in [-0.4, -0.2) is 37.9 Å². The van der Waals surface area contributed by atoms with E-state index in [0.717, 1.165) is 13.1 Å². The highest BCUT2D eigenvalue weighted by atomic mass is 16.2. The molecule has 1 aliphatic rings. The summed E-state index contributed by atoms with van der Waals surface area (Å²) in [6.07, 6.45) is 1.36. The number of benzene rings is 1. The topological polar surface area (TPSA) is 78.5 Å². The molecule has 2 N–H and O–H groups in total. The Morgan fingerprint density at radius 1 is 1.14 bits per heavy atom.